The Morgan fingerprint density at radius 2 is 1.14 bits per heavy atom. The second-order valence-corrected chi connectivity index (χ2v) is 11.4. The van der Waals surface area contributed by atoms with Crippen molar-refractivity contribution < 1.29 is 4.42 Å². The molecular weight excluding hydrogens is 532 g/mol. The van der Waals surface area contributed by atoms with Crippen LogP contribution in [0.1, 0.15) is 11.1 Å². The Labute approximate surface area is 245 Å². The van der Waals surface area contributed by atoms with E-state index in [1.807, 2.05) is 36.4 Å². The number of hydrogen-bond acceptors (Lipinski definition) is 4. The number of hydrogen-bond donors (Lipinski definition) is 0. The average molecular weight is 553 g/mol. The van der Waals surface area contributed by atoms with E-state index < -0.39 is 0 Å². The third-order valence-corrected chi connectivity index (χ3v) is 9.08. The summed E-state index contributed by atoms with van der Waals surface area (Å²) >= 11 is 1.80. The summed E-state index contributed by atoms with van der Waals surface area (Å²) in [6.45, 7) is 0. The molecule has 8 rings (SSSR count). The van der Waals surface area contributed by atoms with E-state index in [4.69, 9.17) is 4.42 Å². The second kappa shape index (κ2) is 9.46. The lowest BCUT2D eigenvalue weighted by atomic mass is 9.89. The van der Waals surface area contributed by atoms with E-state index in [0.717, 1.165) is 55.3 Å². The highest BCUT2D eigenvalue weighted by molar-refractivity contribution is 7.25. The summed E-state index contributed by atoms with van der Waals surface area (Å²) in [5.74, 6) is 0. The van der Waals surface area contributed by atoms with Crippen LogP contribution in [0.15, 0.2) is 126 Å². The minimum atomic E-state index is 0.518. The minimum Gasteiger partial charge on any atom is -0.456 e. The fourth-order valence-corrected chi connectivity index (χ4v) is 7.21. The van der Waals surface area contributed by atoms with Gasteiger partial charge in [0.05, 0.1) is 23.3 Å². The molecular formula is C38H20N2OS. The Morgan fingerprint density at radius 3 is 1.93 bits per heavy atom. The molecule has 0 aliphatic heterocycles. The van der Waals surface area contributed by atoms with Gasteiger partial charge in [-0.3, -0.25) is 0 Å². The summed E-state index contributed by atoms with van der Waals surface area (Å²) in [6.07, 6.45) is 0. The van der Waals surface area contributed by atoms with Gasteiger partial charge in [0.1, 0.15) is 11.2 Å². The van der Waals surface area contributed by atoms with Crippen molar-refractivity contribution in [1.82, 2.24) is 0 Å². The molecule has 2 aromatic heterocycles. The fraction of sp³-hybridized carbons (Fsp3) is 0. The summed E-state index contributed by atoms with van der Waals surface area (Å²) in [5.41, 5.74) is 8.60. The monoisotopic (exact) mass is 552 g/mol. The first-order valence-corrected chi connectivity index (χ1v) is 14.4. The number of thiophene rings is 1. The summed E-state index contributed by atoms with van der Waals surface area (Å²) in [4.78, 5) is 0. The topological polar surface area (TPSA) is 60.7 Å². The maximum atomic E-state index is 10.0. The molecule has 0 N–H and O–H groups in total. The standard InChI is InChI=1S/C38H20N2OS/c39-21-23-15-16-24(22-40)32(17-23)27-19-25(28-9-5-12-34-37(28)30-7-1-3-11-33(30)41-34)18-26(20-27)29-10-6-14-36-38(29)31-8-2-4-13-35(31)42-36/h1-20H. The molecule has 0 fully saturated rings. The lowest BCUT2D eigenvalue weighted by Crippen LogP contribution is -1.91. The number of benzene rings is 6. The zero-order valence-electron chi connectivity index (χ0n) is 22.3. The Hall–Kier alpha value is -5.68. The Balaban J connectivity index is 1.48. The molecule has 0 saturated heterocycles. The van der Waals surface area contributed by atoms with Crippen LogP contribution < -0.4 is 0 Å². The van der Waals surface area contributed by atoms with Gasteiger partial charge in [0.25, 0.3) is 0 Å². The maximum Gasteiger partial charge on any atom is 0.136 e. The Bertz CT molecular complexity index is 2320. The smallest absolute Gasteiger partial charge is 0.136 e. The van der Waals surface area contributed by atoms with Crippen molar-refractivity contribution in [3.8, 4) is 45.5 Å². The maximum absolute atomic E-state index is 10.0. The molecule has 3 nitrogen and oxygen atoms in total. The van der Waals surface area contributed by atoms with E-state index in [1.54, 1.807) is 23.5 Å². The van der Waals surface area contributed by atoms with E-state index in [9.17, 15) is 10.5 Å². The van der Waals surface area contributed by atoms with Crippen molar-refractivity contribution in [3.05, 3.63) is 132 Å². The van der Waals surface area contributed by atoms with Crippen LogP contribution in [0, 0.1) is 22.7 Å². The summed E-state index contributed by atoms with van der Waals surface area (Å²) in [7, 11) is 0. The van der Waals surface area contributed by atoms with Gasteiger partial charge in [-0.25, -0.2) is 0 Å². The fourth-order valence-electron chi connectivity index (χ4n) is 6.07. The van der Waals surface area contributed by atoms with Crippen molar-refractivity contribution in [2.45, 2.75) is 0 Å². The van der Waals surface area contributed by atoms with Crippen LogP contribution in [-0.4, -0.2) is 0 Å². The molecule has 8 aromatic rings. The molecule has 0 unspecified atom stereocenters. The molecule has 0 atom stereocenters. The van der Waals surface area contributed by atoms with Crippen LogP contribution in [0.2, 0.25) is 0 Å². The summed E-state index contributed by atoms with van der Waals surface area (Å²) in [5, 5.41) is 24.3. The largest absolute Gasteiger partial charge is 0.456 e. The van der Waals surface area contributed by atoms with Crippen LogP contribution in [0.5, 0.6) is 0 Å². The zero-order chi connectivity index (χ0) is 28.2. The first-order chi connectivity index (χ1) is 20.7. The molecule has 0 bridgehead atoms. The van der Waals surface area contributed by atoms with Crippen molar-refractivity contribution in [2.75, 3.05) is 0 Å². The van der Waals surface area contributed by atoms with Gasteiger partial charge in [-0.2, -0.15) is 10.5 Å². The molecule has 42 heavy (non-hydrogen) atoms. The molecule has 0 amide bonds. The normalized spacial score (nSPS) is 11.3. The molecule has 0 radical (unpaired) electrons. The van der Waals surface area contributed by atoms with Gasteiger partial charge in [-0.1, -0.05) is 60.7 Å². The van der Waals surface area contributed by atoms with Gasteiger partial charge in [-0.15, -0.1) is 11.3 Å². The first kappa shape index (κ1) is 24.1. The lowest BCUT2D eigenvalue weighted by molar-refractivity contribution is 0.669. The molecule has 2 heterocycles. The van der Waals surface area contributed by atoms with Gasteiger partial charge >= 0.3 is 0 Å². The number of nitrogens with zero attached hydrogens (tertiary/aromatic N) is 2. The van der Waals surface area contributed by atoms with Crippen molar-refractivity contribution in [1.29, 1.82) is 10.5 Å². The molecule has 0 saturated carbocycles. The molecule has 194 valence electrons. The van der Waals surface area contributed by atoms with E-state index in [-0.39, 0.29) is 0 Å². The lowest BCUT2D eigenvalue weighted by Gasteiger charge is -2.14. The van der Waals surface area contributed by atoms with E-state index in [0.29, 0.717) is 11.1 Å². The van der Waals surface area contributed by atoms with Gasteiger partial charge in [0, 0.05) is 36.5 Å². The van der Waals surface area contributed by atoms with Gasteiger partial charge in [-0.05, 0) is 88.5 Å². The molecule has 4 heteroatoms. The van der Waals surface area contributed by atoms with E-state index in [1.165, 1.54) is 20.2 Å². The van der Waals surface area contributed by atoms with Gasteiger partial charge in [0.15, 0.2) is 0 Å². The molecule has 0 aliphatic rings. The summed E-state index contributed by atoms with van der Waals surface area (Å²) < 4.78 is 8.71. The van der Waals surface area contributed by atoms with Crippen LogP contribution in [-0.2, 0) is 0 Å². The highest BCUT2D eigenvalue weighted by Crippen LogP contribution is 2.44. The summed E-state index contributed by atoms with van der Waals surface area (Å²) in [6, 6.07) is 45.6. The number of furan rings is 1. The predicted octanol–water partition coefficient (Wildman–Crippen LogP) is 10.7. The number of fused-ring (bicyclic) bond motifs is 6. The number of rotatable bonds is 3. The third-order valence-electron chi connectivity index (χ3n) is 7.94. The first-order valence-electron chi connectivity index (χ1n) is 13.6. The number of para-hydroxylation sites is 1. The zero-order valence-corrected chi connectivity index (χ0v) is 23.1. The number of nitriles is 2. The van der Waals surface area contributed by atoms with Crippen LogP contribution in [0.4, 0.5) is 0 Å². The van der Waals surface area contributed by atoms with Gasteiger partial charge in [0.2, 0.25) is 0 Å². The Kier molecular flexibility index (Phi) is 5.44. The minimum absolute atomic E-state index is 0.518. The SMILES string of the molecule is N#Cc1ccc(C#N)c(-c2cc(-c3cccc4oc5ccccc5c34)cc(-c3cccc4sc5ccccc5c34)c2)c1. The highest BCUT2D eigenvalue weighted by atomic mass is 32.1. The quantitative estimate of drug-likeness (QED) is 0.219. The average Bonchev–Trinajstić information content (AvgIpc) is 3.62. The molecule has 0 spiro atoms. The second-order valence-electron chi connectivity index (χ2n) is 10.3. The highest BCUT2D eigenvalue weighted by Gasteiger charge is 2.18. The molecule has 0 aliphatic carbocycles. The van der Waals surface area contributed by atoms with Crippen molar-refractivity contribution >= 4 is 53.4 Å². The van der Waals surface area contributed by atoms with E-state index in [2.05, 4.69) is 84.9 Å². The predicted molar refractivity (Wildman–Crippen MR) is 172 cm³/mol. The van der Waals surface area contributed by atoms with Crippen LogP contribution in [0.3, 0.4) is 0 Å². The third kappa shape index (κ3) is 3.71. The molecule has 6 aromatic carbocycles. The Morgan fingerprint density at radius 1 is 0.500 bits per heavy atom. The van der Waals surface area contributed by atoms with Crippen LogP contribution >= 0.6 is 11.3 Å². The van der Waals surface area contributed by atoms with E-state index >= 15 is 0 Å². The van der Waals surface area contributed by atoms with Crippen molar-refractivity contribution in [3.63, 3.8) is 0 Å². The van der Waals surface area contributed by atoms with Crippen molar-refractivity contribution in [2.24, 2.45) is 0 Å². The van der Waals surface area contributed by atoms with Gasteiger partial charge < -0.3 is 4.42 Å². The van der Waals surface area contributed by atoms with Crippen LogP contribution in [0.25, 0.3) is 75.5 Å².